The zero-order chi connectivity index (χ0) is 14.2. The Bertz CT molecular complexity index is 499. The highest BCUT2D eigenvalue weighted by Gasteiger charge is 2.32. The third kappa shape index (κ3) is 3.25. The lowest BCUT2D eigenvalue weighted by Gasteiger charge is -2.43. The van der Waals surface area contributed by atoms with Gasteiger partial charge in [0.1, 0.15) is 4.99 Å². The van der Waals surface area contributed by atoms with Crippen molar-refractivity contribution in [1.29, 1.82) is 0 Å². The van der Waals surface area contributed by atoms with E-state index in [4.69, 9.17) is 22.7 Å². The summed E-state index contributed by atoms with van der Waals surface area (Å²) in [5.41, 5.74) is 8.97. The number of hydrogen-bond acceptors (Lipinski definition) is 3. The number of nitrogens with two attached hydrogens (primary N) is 1. The van der Waals surface area contributed by atoms with E-state index in [-0.39, 0.29) is 11.7 Å². The molecule has 1 aliphatic rings. The van der Waals surface area contributed by atoms with Crippen LogP contribution in [-0.2, 0) is 4.74 Å². The van der Waals surface area contributed by atoms with Crippen molar-refractivity contribution >= 4 is 22.9 Å². The third-order valence-corrected chi connectivity index (χ3v) is 3.55. The SMILES string of the molecule is Cc1ccc(C(N)=S)c(N2CC(C)OC(C)(C)C2)c1. The molecule has 19 heavy (non-hydrogen) atoms. The molecule has 104 valence electrons. The van der Waals surface area contributed by atoms with E-state index in [1.54, 1.807) is 0 Å². The molecule has 0 radical (unpaired) electrons. The van der Waals surface area contributed by atoms with Gasteiger partial charge in [0.25, 0.3) is 0 Å². The first kappa shape index (κ1) is 14.3. The van der Waals surface area contributed by atoms with Gasteiger partial charge in [0, 0.05) is 24.3 Å². The van der Waals surface area contributed by atoms with Crippen molar-refractivity contribution in [2.75, 3.05) is 18.0 Å². The smallest absolute Gasteiger partial charge is 0.106 e. The molecule has 3 nitrogen and oxygen atoms in total. The van der Waals surface area contributed by atoms with E-state index in [1.807, 2.05) is 12.1 Å². The summed E-state index contributed by atoms with van der Waals surface area (Å²) in [7, 11) is 0. The van der Waals surface area contributed by atoms with Gasteiger partial charge in [0.15, 0.2) is 0 Å². The van der Waals surface area contributed by atoms with E-state index in [0.717, 1.165) is 24.3 Å². The second kappa shape index (κ2) is 5.10. The highest BCUT2D eigenvalue weighted by molar-refractivity contribution is 7.80. The predicted octanol–water partition coefficient (Wildman–Crippen LogP) is 2.63. The quantitative estimate of drug-likeness (QED) is 0.844. The van der Waals surface area contributed by atoms with Gasteiger partial charge in [-0.2, -0.15) is 0 Å². The van der Waals surface area contributed by atoms with Gasteiger partial charge in [-0.1, -0.05) is 18.3 Å². The number of benzene rings is 1. The van der Waals surface area contributed by atoms with Gasteiger partial charge in [-0.25, -0.2) is 0 Å². The van der Waals surface area contributed by atoms with Gasteiger partial charge >= 0.3 is 0 Å². The fourth-order valence-electron chi connectivity index (χ4n) is 2.75. The highest BCUT2D eigenvalue weighted by atomic mass is 32.1. The number of hydrogen-bond donors (Lipinski definition) is 1. The lowest BCUT2D eigenvalue weighted by Crippen LogP contribution is -2.52. The fraction of sp³-hybridized carbons (Fsp3) is 0.533. The van der Waals surface area contributed by atoms with Gasteiger partial charge in [-0.05, 0) is 45.4 Å². The summed E-state index contributed by atoms with van der Waals surface area (Å²) in [6, 6.07) is 6.22. The number of rotatable bonds is 2. The maximum atomic E-state index is 5.95. The van der Waals surface area contributed by atoms with Crippen LogP contribution in [-0.4, -0.2) is 29.8 Å². The molecule has 1 unspecified atom stereocenters. The molecule has 0 saturated carbocycles. The number of anilines is 1. The minimum Gasteiger partial charge on any atom is -0.389 e. The molecule has 1 saturated heterocycles. The van der Waals surface area contributed by atoms with Crippen LogP contribution in [0.1, 0.15) is 31.9 Å². The zero-order valence-corrected chi connectivity index (χ0v) is 12.9. The number of thiocarbonyl (C=S) groups is 1. The number of aryl methyl sites for hydroxylation is 1. The molecule has 1 aromatic rings. The predicted molar refractivity (Wildman–Crippen MR) is 83.9 cm³/mol. The molecular formula is C15H22N2OS. The lowest BCUT2D eigenvalue weighted by atomic mass is 10.0. The molecule has 1 atom stereocenters. The maximum Gasteiger partial charge on any atom is 0.106 e. The summed E-state index contributed by atoms with van der Waals surface area (Å²) in [5.74, 6) is 0. The third-order valence-electron chi connectivity index (χ3n) is 3.33. The molecule has 1 aromatic carbocycles. The summed E-state index contributed by atoms with van der Waals surface area (Å²) in [6.07, 6.45) is 0.198. The Hall–Kier alpha value is -1.13. The van der Waals surface area contributed by atoms with Gasteiger partial charge in [-0.15, -0.1) is 0 Å². The van der Waals surface area contributed by atoms with Crippen LogP contribution >= 0.6 is 12.2 Å². The number of nitrogens with zero attached hydrogens (tertiary/aromatic N) is 1. The van der Waals surface area contributed by atoms with Crippen LogP contribution in [0.4, 0.5) is 5.69 Å². The van der Waals surface area contributed by atoms with Crippen molar-refractivity contribution < 1.29 is 4.74 Å². The van der Waals surface area contributed by atoms with Crippen molar-refractivity contribution in [3.63, 3.8) is 0 Å². The molecule has 1 heterocycles. The summed E-state index contributed by atoms with van der Waals surface area (Å²) in [6.45, 7) is 10.1. The van der Waals surface area contributed by atoms with Crippen LogP contribution < -0.4 is 10.6 Å². The first-order valence-electron chi connectivity index (χ1n) is 6.62. The van der Waals surface area contributed by atoms with Crippen molar-refractivity contribution in [2.45, 2.75) is 39.4 Å². The standard InChI is InChI=1S/C15H22N2OS/c1-10-5-6-12(14(16)19)13(7-10)17-8-11(2)18-15(3,4)9-17/h5-7,11H,8-9H2,1-4H3,(H2,16,19). The highest BCUT2D eigenvalue weighted by Crippen LogP contribution is 2.29. The summed E-state index contributed by atoms with van der Waals surface area (Å²) < 4.78 is 5.95. The minimum atomic E-state index is -0.158. The first-order chi connectivity index (χ1) is 8.78. The molecular weight excluding hydrogens is 256 g/mol. The van der Waals surface area contributed by atoms with Gasteiger partial charge in [-0.3, -0.25) is 0 Å². The van der Waals surface area contributed by atoms with Crippen molar-refractivity contribution in [3.05, 3.63) is 29.3 Å². The number of morpholine rings is 1. The van der Waals surface area contributed by atoms with Gasteiger partial charge in [0.2, 0.25) is 0 Å². The van der Waals surface area contributed by atoms with Crippen molar-refractivity contribution in [2.24, 2.45) is 5.73 Å². The van der Waals surface area contributed by atoms with E-state index in [9.17, 15) is 0 Å². The normalized spacial score (nSPS) is 22.3. The Morgan fingerprint density at radius 3 is 2.74 bits per heavy atom. The van der Waals surface area contributed by atoms with Crippen LogP contribution in [0, 0.1) is 6.92 Å². The van der Waals surface area contributed by atoms with E-state index >= 15 is 0 Å². The summed E-state index contributed by atoms with van der Waals surface area (Å²) in [5, 5.41) is 0. The van der Waals surface area contributed by atoms with Crippen LogP contribution in [0.25, 0.3) is 0 Å². The Kier molecular flexibility index (Phi) is 3.83. The first-order valence-corrected chi connectivity index (χ1v) is 7.02. The Balaban J connectivity index is 2.40. The molecule has 1 aliphatic heterocycles. The molecule has 0 aromatic heterocycles. The second-order valence-electron chi connectivity index (χ2n) is 5.95. The average Bonchev–Trinajstić information content (AvgIpc) is 2.25. The Morgan fingerprint density at radius 2 is 2.16 bits per heavy atom. The van der Waals surface area contributed by atoms with Crippen LogP contribution in [0.2, 0.25) is 0 Å². The minimum absolute atomic E-state index is 0.158. The van der Waals surface area contributed by atoms with E-state index in [1.165, 1.54) is 5.56 Å². The monoisotopic (exact) mass is 278 g/mol. The van der Waals surface area contributed by atoms with Crippen LogP contribution in [0.15, 0.2) is 18.2 Å². The molecule has 0 aliphatic carbocycles. The largest absolute Gasteiger partial charge is 0.389 e. The average molecular weight is 278 g/mol. The molecule has 0 amide bonds. The molecule has 2 N–H and O–H groups in total. The maximum absolute atomic E-state index is 5.95. The van der Waals surface area contributed by atoms with Crippen LogP contribution in [0.5, 0.6) is 0 Å². The van der Waals surface area contributed by atoms with E-state index in [0.29, 0.717) is 4.99 Å². The molecule has 2 rings (SSSR count). The van der Waals surface area contributed by atoms with Gasteiger partial charge < -0.3 is 15.4 Å². The summed E-state index contributed by atoms with van der Waals surface area (Å²) >= 11 is 5.17. The van der Waals surface area contributed by atoms with E-state index < -0.39 is 0 Å². The molecule has 1 fully saturated rings. The fourth-order valence-corrected chi connectivity index (χ4v) is 2.92. The second-order valence-corrected chi connectivity index (χ2v) is 6.39. The summed E-state index contributed by atoms with van der Waals surface area (Å²) in [4.78, 5) is 2.78. The topological polar surface area (TPSA) is 38.5 Å². The van der Waals surface area contributed by atoms with E-state index in [2.05, 4.69) is 38.7 Å². The number of ether oxygens (including phenoxy) is 1. The molecule has 4 heteroatoms. The zero-order valence-electron chi connectivity index (χ0n) is 12.1. The van der Waals surface area contributed by atoms with Crippen LogP contribution in [0.3, 0.4) is 0 Å². The lowest BCUT2D eigenvalue weighted by molar-refractivity contribution is -0.0749. The van der Waals surface area contributed by atoms with Gasteiger partial charge in [0.05, 0.1) is 11.7 Å². The molecule has 0 spiro atoms. The van der Waals surface area contributed by atoms with Crippen molar-refractivity contribution in [3.8, 4) is 0 Å². The Morgan fingerprint density at radius 1 is 1.47 bits per heavy atom. The van der Waals surface area contributed by atoms with Crippen molar-refractivity contribution in [1.82, 2.24) is 0 Å². The molecule has 0 bridgehead atoms. The Labute approximate surface area is 120 Å².